The number of rotatable bonds is 3. The maximum Gasteiger partial charge on any atom is 0.251 e. The molecule has 1 heterocycles. The molecule has 0 spiro atoms. The van der Waals surface area contributed by atoms with Crippen molar-refractivity contribution >= 4 is 21.6 Å². The Morgan fingerprint density at radius 2 is 1.91 bits per heavy atom. The minimum absolute atomic E-state index is 0.0508. The molecule has 0 saturated heterocycles. The molecule has 3 rings (SSSR count). The molecule has 1 aliphatic carbocycles. The molecule has 1 N–H and O–H groups in total. The van der Waals surface area contributed by atoms with Gasteiger partial charge < -0.3 is 5.32 Å². The van der Waals surface area contributed by atoms with Gasteiger partial charge in [-0.3, -0.25) is 9.10 Å². The van der Waals surface area contributed by atoms with Gasteiger partial charge in [-0.2, -0.15) is 0 Å². The van der Waals surface area contributed by atoms with Crippen LogP contribution in [0.4, 0.5) is 5.69 Å². The van der Waals surface area contributed by atoms with Gasteiger partial charge in [0.2, 0.25) is 10.0 Å². The number of nitrogens with one attached hydrogen (secondary N) is 1. The van der Waals surface area contributed by atoms with E-state index in [0.29, 0.717) is 17.7 Å². The third-order valence-electron chi connectivity index (χ3n) is 4.79. The zero-order chi connectivity index (χ0) is 16.6. The molecule has 1 atom stereocenters. The first-order valence-corrected chi connectivity index (χ1v) is 10.1. The Hall–Kier alpha value is -1.56. The second kappa shape index (κ2) is 6.15. The number of amides is 1. The van der Waals surface area contributed by atoms with Crippen LogP contribution in [0.3, 0.4) is 0 Å². The Bertz CT molecular complexity index is 709. The van der Waals surface area contributed by atoms with Crippen molar-refractivity contribution in [2.45, 2.75) is 57.5 Å². The molecule has 0 bridgehead atoms. The maximum absolute atomic E-state index is 12.4. The van der Waals surface area contributed by atoms with Gasteiger partial charge in [0.15, 0.2) is 0 Å². The zero-order valence-corrected chi connectivity index (χ0v) is 14.5. The number of fused-ring (bicyclic) bond motifs is 1. The van der Waals surface area contributed by atoms with Crippen molar-refractivity contribution in [1.29, 1.82) is 0 Å². The van der Waals surface area contributed by atoms with E-state index in [1.165, 1.54) is 29.8 Å². The maximum atomic E-state index is 12.4. The summed E-state index contributed by atoms with van der Waals surface area (Å²) in [6.45, 7) is 1.89. The summed E-state index contributed by atoms with van der Waals surface area (Å²) in [5, 5.41) is 3.11. The van der Waals surface area contributed by atoms with Crippen LogP contribution in [0, 0.1) is 0 Å². The van der Waals surface area contributed by atoms with Crippen LogP contribution in [0.15, 0.2) is 18.2 Å². The fourth-order valence-corrected chi connectivity index (χ4v) is 5.03. The van der Waals surface area contributed by atoms with E-state index in [9.17, 15) is 13.2 Å². The molecule has 2 aliphatic rings. The van der Waals surface area contributed by atoms with Crippen molar-refractivity contribution in [2.24, 2.45) is 0 Å². The van der Waals surface area contributed by atoms with Gasteiger partial charge in [-0.05, 0) is 49.9 Å². The summed E-state index contributed by atoms with van der Waals surface area (Å²) in [5.74, 6) is -0.0508. The third kappa shape index (κ3) is 3.37. The fourth-order valence-electron chi connectivity index (χ4n) is 3.77. The van der Waals surface area contributed by atoms with Gasteiger partial charge in [-0.15, -0.1) is 0 Å². The lowest BCUT2D eigenvalue weighted by Gasteiger charge is -2.23. The number of carbonyl (C=O) groups excluding carboxylic acids is 1. The first-order valence-electron chi connectivity index (χ1n) is 8.29. The van der Waals surface area contributed by atoms with Gasteiger partial charge >= 0.3 is 0 Å². The van der Waals surface area contributed by atoms with Crippen LogP contribution in [0.25, 0.3) is 0 Å². The fraction of sp³-hybridized carbons (Fsp3) is 0.588. The van der Waals surface area contributed by atoms with Crippen molar-refractivity contribution in [3.05, 3.63) is 29.3 Å². The van der Waals surface area contributed by atoms with Crippen LogP contribution in [0.1, 0.15) is 54.9 Å². The molecule has 6 heteroatoms. The smallest absolute Gasteiger partial charge is 0.251 e. The topological polar surface area (TPSA) is 66.5 Å². The predicted molar refractivity (Wildman–Crippen MR) is 91.3 cm³/mol. The number of hydrogen-bond acceptors (Lipinski definition) is 3. The lowest BCUT2D eigenvalue weighted by molar-refractivity contribution is 0.0927. The number of hydrogen-bond donors (Lipinski definition) is 1. The average Bonchev–Trinajstić information content (AvgIpc) is 2.82. The molecule has 1 saturated carbocycles. The predicted octanol–water partition coefficient (Wildman–Crippen LogP) is 2.46. The molecular formula is C17H24N2O3S. The first kappa shape index (κ1) is 16.3. The third-order valence-corrected chi connectivity index (χ3v) is 6.06. The number of benzene rings is 1. The average molecular weight is 336 g/mol. The van der Waals surface area contributed by atoms with Crippen molar-refractivity contribution in [1.82, 2.24) is 5.32 Å². The highest BCUT2D eigenvalue weighted by Gasteiger charge is 2.32. The lowest BCUT2D eigenvalue weighted by atomic mass is 9.95. The Kier molecular flexibility index (Phi) is 4.36. The molecule has 0 radical (unpaired) electrons. The van der Waals surface area contributed by atoms with E-state index in [0.717, 1.165) is 18.4 Å². The van der Waals surface area contributed by atoms with Crippen molar-refractivity contribution in [3.8, 4) is 0 Å². The van der Waals surface area contributed by atoms with Crippen molar-refractivity contribution < 1.29 is 13.2 Å². The summed E-state index contributed by atoms with van der Waals surface area (Å²) in [6.07, 6.45) is 7.58. The summed E-state index contributed by atoms with van der Waals surface area (Å²) in [7, 11) is -3.29. The molecule has 5 nitrogen and oxygen atoms in total. The van der Waals surface area contributed by atoms with Crippen LogP contribution in [-0.2, 0) is 16.4 Å². The second-order valence-corrected chi connectivity index (χ2v) is 8.62. The van der Waals surface area contributed by atoms with E-state index in [1.54, 1.807) is 12.1 Å². The Morgan fingerprint density at radius 3 is 2.57 bits per heavy atom. The summed E-state index contributed by atoms with van der Waals surface area (Å²) in [6, 6.07) is 5.51. The van der Waals surface area contributed by atoms with E-state index < -0.39 is 10.0 Å². The minimum Gasteiger partial charge on any atom is -0.349 e. The van der Waals surface area contributed by atoms with Gasteiger partial charge in [0.1, 0.15) is 0 Å². The van der Waals surface area contributed by atoms with Crippen LogP contribution in [-0.4, -0.2) is 32.7 Å². The minimum atomic E-state index is -3.29. The molecule has 1 aliphatic heterocycles. The van der Waals surface area contributed by atoms with Crippen LogP contribution < -0.4 is 9.62 Å². The lowest BCUT2D eigenvalue weighted by Crippen LogP contribution is -2.36. The number of anilines is 1. The van der Waals surface area contributed by atoms with Crippen LogP contribution in [0.5, 0.6) is 0 Å². The van der Waals surface area contributed by atoms with Gasteiger partial charge in [0.25, 0.3) is 5.91 Å². The Balaban J connectivity index is 1.79. The number of carbonyl (C=O) groups is 1. The molecular weight excluding hydrogens is 312 g/mol. The monoisotopic (exact) mass is 336 g/mol. The van der Waals surface area contributed by atoms with E-state index in [1.807, 2.05) is 13.0 Å². The quantitative estimate of drug-likeness (QED) is 0.922. The van der Waals surface area contributed by atoms with Crippen LogP contribution in [0.2, 0.25) is 0 Å². The molecule has 1 aromatic rings. The highest BCUT2D eigenvalue weighted by molar-refractivity contribution is 7.92. The summed E-state index contributed by atoms with van der Waals surface area (Å²) in [5.41, 5.74) is 2.25. The second-order valence-electron chi connectivity index (χ2n) is 6.76. The number of nitrogens with zero attached hydrogens (tertiary/aromatic N) is 1. The highest BCUT2D eigenvalue weighted by Crippen LogP contribution is 2.34. The zero-order valence-electron chi connectivity index (χ0n) is 13.7. The van der Waals surface area contributed by atoms with Crippen molar-refractivity contribution in [3.63, 3.8) is 0 Å². The van der Waals surface area contributed by atoms with E-state index >= 15 is 0 Å². The van der Waals surface area contributed by atoms with E-state index in [-0.39, 0.29) is 18.0 Å². The molecule has 126 valence electrons. The SMILES string of the molecule is CC1Cc2cc(C(=O)NC3CCCCC3)ccc2N1S(C)(=O)=O. The van der Waals surface area contributed by atoms with Gasteiger partial charge in [-0.25, -0.2) is 8.42 Å². The van der Waals surface area contributed by atoms with Gasteiger partial charge in [0.05, 0.1) is 11.9 Å². The van der Waals surface area contributed by atoms with Crippen molar-refractivity contribution in [2.75, 3.05) is 10.6 Å². The molecule has 0 aromatic heterocycles. The summed E-state index contributed by atoms with van der Waals surface area (Å²) >= 11 is 0. The molecule has 1 aromatic carbocycles. The van der Waals surface area contributed by atoms with E-state index in [2.05, 4.69) is 5.32 Å². The summed E-state index contributed by atoms with van der Waals surface area (Å²) < 4.78 is 25.3. The summed E-state index contributed by atoms with van der Waals surface area (Å²) in [4.78, 5) is 12.4. The molecule has 1 amide bonds. The van der Waals surface area contributed by atoms with Gasteiger partial charge in [-0.1, -0.05) is 19.3 Å². The van der Waals surface area contributed by atoms with Crippen LogP contribution >= 0.6 is 0 Å². The standard InChI is InChI=1S/C17H24N2O3S/c1-12-10-14-11-13(8-9-16(14)19(12)23(2,21)22)17(20)18-15-6-4-3-5-7-15/h8-9,11-12,15H,3-7,10H2,1-2H3,(H,18,20). The molecule has 23 heavy (non-hydrogen) atoms. The Morgan fingerprint density at radius 1 is 1.22 bits per heavy atom. The normalized spacial score (nSPS) is 22.0. The highest BCUT2D eigenvalue weighted by atomic mass is 32.2. The largest absolute Gasteiger partial charge is 0.349 e. The Labute approximate surface area is 138 Å². The van der Waals surface area contributed by atoms with Gasteiger partial charge in [0, 0.05) is 17.6 Å². The number of sulfonamides is 1. The van der Waals surface area contributed by atoms with E-state index in [4.69, 9.17) is 0 Å². The molecule has 1 unspecified atom stereocenters. The first-order chi connectivity index (χ1) is 10.9. The molecule has 1 fully saturated rings.